The smallest absolute Gasteiger partial charge is 0.345 e. The number of hydrogen-bond donors (Lipinski definition) is 0. The molecule has 0 aliphatic carbocycles. The molecule has 12 heavy (non-hydrogen) atoms. The van der Waals surface area contributed by atoms with Crippen molar-refractivity contribution in [2.75, 3.05) is 14.2 Å². The third kappa shape index (κ3) is 2.57. The van der Waals surface area contributed by atoms with Gasteiger partial charge in [-0.05, 0) is 6.08 Å². The third-order valence-electron chi connectivity index (χ3n) is 1.10. The SMILES string of the molecule is C=CC=C(C(=O)OC)C(=O)OC. The molecule has 0 aromatic rings. The van der Waals surface area contributed by atoms with Gasteiger partial charge in [0.1, 0.15) is 5.57 Å². The van der Waals surface area contributed by atoms with E-state index in [1.54, 1.807) is 0 Å². The highest BCUT2D eigenvalue weighted by molar-refractivity contribution is 6.14. The maximum absolute atomic E-state index is 10.9. The minimum absolute atomic E-state index is 0.171. The van der Waals surface area contributed by atoms with Crippen molar-refractivity contribution in [3.63, 3.8) is 0 Å². The molecule has 0 aromatic carbocycles. The molecule has 0 aromatic heterocycles. The number of carbonyl (C=O) groups is 2. The number of allylic oxidation sites excluding steroid dienone is 2. The Kier molecular flexibility index (Phi) is 4.45. The van der Waals surface area contributed by atoms with Gasteiger partial charge in [0, 0.05) is 0 Å². The van der Waals surface area contributed by atoms with Crippen molar-refractivity contribution in [2.24, 2.45) is 0 Å². The predicted octanol–water partition coefficient (Wildman–Crippen LogP) is 0.445. The van der Waals surface area contributed by atoms with Gasteiger partial charge in [-0.1, -0.05) is 12.7 Å². The standard InChI is InChI=1S/C8H10O4/c1-4-5-6(7(9)11-2)8(10)12-3/h4-5H,1H2,2-3H3. The topological polar surface area (TPSA) is 52.6 Å². The first-order valence-electron chi connectivity index (χ1n) is 3.16. The van der Waals surface area contributed by atoms with Crippen molar-refractivity contribution in [3.05, 3.63) is 24.3 Å². The minimum atomic E-state index is -0.734. The van der Waals surface area contributed by atoms with Gasteiger partial charge in [-0.2, -0.15) is 0 Å². The predicted molar refractivity (Wildman–Crippen MR) is 42.3 cm³/mol. The molecule has 0 saturated carbocycles. The van der Waals surface area contributed by atoms with E-state index in [4.69, 9.17) is 0 Å². The van der Waals surface area contributed by atoms with Crippen LogP contribution in [0.15, 0.2) is 24.3 Å². The number of rotatable bonds is 3. The van der Waals surface area contributed by atoms with Gasteiger partial charge < -0.3 is 9.47 Å². The summed E-state index contributed by atoms with van der Waals surface area (Å²) < 4.78 is 8.66. The largest absolute Gasteiger partial charge is 0.465 e. The second kappa shape index (κ2) is 5.12. The molecule has 4 heteroatoms. The van der Waals surface area contributed by atoms with Crippen molar-refractivity contribution >= 4 is 11.9 Å². The molecule has 0 bridgehead atoms. The Balaban J connectivity index is 4.67. The number of methoxy groups -OCH3 is 2. The van der Waals surface area contributed by atoms with E-state index >= 15 is 0 Å². The summed E-state index contributed by atoms with van der Waals surface area (Å²) in [5.41, 5.74) is -0.171. The van der Waals surface area contributed by atoms with Gasteiger partial charge >= 0.3 is 11.9 Å². The van der Waals surface area contributed by atoms with E-state index < -0.39 is 11.9 Å². The maximum Gasteiger partial charge on any atom is 0.345 e. The van der Waals surface area contributed by atoms with E-state index in [1.165, 1.54) is 26.4 Å². The van der Waals surface area contributed by atoms with Crippen LogP contribution in [-0.2, 0) is 19.1 Å². The quantitative estimate of drug-likeness (QED) is 0.203. The molecule has 66 valence electrons. The number of esters is 2. The van der Waals surface area contributed by atoms with Gasteiger partial charge in [-0.25, -0.2) is 9.59 Å². The molecular formula is C8H10O4. The monoisotopic (exact) mass is 170 g/mol. The lowest BCUT2D eigenvalue weighted by atomic mass is 10.2. The summed E-state index contributed by atoms with van der Waals surface area (Å²) in [5.74, 6) is -1.47. The second-order valence-corrected chi connectivity index (χ2v) is 1.80. The average molecular weight is 170 g/mol. The Hall–Kier alpha value is -1.58. The van der Waals surface area contributed by atoms with Gasteiger partial charge in [0.15, 0.2) is 0 Å². The molecule has 4 nitrogen and oxygen atoms in total. The van der Waals surface area contributed by atoms with Crippen LogP contribution in [0.4, 0.5) is 0 Å². The molecule has 0 rings (SSSR count). The first-order valence-corrected chi connectivity index (χ1v) is 3.16. The van der Waals surface area contributed by atoms with Crippen molar-refractivity contribution in [2.45, 2.75) is 0 Å². The van der Waals surface area contributed by atoms with Crippen LogP contribution in [0.1, 0.15) is 0 Å². The Morgan fingerprint density at radius 3 is 1.83 bits per heavy atom. The highest BCUT2D eigenvalue weighted by atomic mass is 16.5. The fraction of sp³-hybridized carbons (Fsp3) is 0.250. The molecule has 0 radical (unpaired) electrons. The molecule has 0 N–H and O–H groups in total. The van der Waals surface area contributed by atoms with Crippen LogP contribution in [0.5, 0.6) is 0 Å². The molecule has 0 fully saturated rings. The van der Waals surface area contributed by atoms with E-state index in [9.17, 15) is 9.59 Å². The molecule has 0 atom stereocenters. The summed E-state index contributed by atoms with van der Waals surface area (Å²) in [4.78, 5) is 21.7. The molecule has 0 aliphatic heterocycles. The first-order chi connectivity index (χ1) is 5.67. The Labute approximate surface area is 70.5 Å². The van der Waals surface area contributed by atoms with Crippen LogP contribution in [0.3, 0.4) is 0 Å². The summed E-state index contributed by atoms with van der Waals surface area (Å²) in [6.45, 7) is 3.34. The van der Waals surface area contributed by atoms with Crippen molar-refractivity contribution in [1.29, 1.82) is 0 Å². The molecule has 0 heterocycles. The zero-order chi connectivity index (χ0) is 9.56. The van der Waals surface area contributed by atoms with Crippen LogP contribution in [0, 0.1) is 0 Å². The van der Waals surface area contributed by atoms with Crippen LogP contribution in [-0.4, -0.2) is 26.2 Å². The summed E-state index contributed by atoms with van der Waals surface area (Å²) in [5, 5.41) is 0. The number of carbonyl (C=O) groups excluding carboxylic acids is 2. The summed E-state index contributed by atoms with van der Waals surface area (Å²) in [6.07, 6.45) is 2.54. The molecule has 0 unspecified atom stereocenters. The van der Waals surface area contributed by atoms with Crippen LogP contribution in [0.25, 0.3) is 0 Å². The Morgan fingerprint density at radius 1 is 1.17 bits per heavy atom. The lowest BCUT2D eigenvalue weighted by Gasteiger charge is -2.00. The van der Waals surface area contributed by atoms with Gasteiger partial charge in [-0.15, -0.1) is 0 Å². The average Bonchev–Trinajstić information content (AvgIpc) is 2.11. The van der Waals surface area contributed by atoms with Gasteiger partial charge in [0.2, 0.25) is 0 Å². The van der Waals surface area contributed by atoms with E-state index in [0.29, 0.717) is 0 Å². The molecule has 0 amide bonds. The van der Waals surface area contributed by atoms with Crippen LogP contribution < -0.4 is 0 Å². The van der Waals surface area contributed by atoms with Gasteiger partial charge in [0.05, 0.1) is 14.2 Å². The van der Waals surface area contributed by atoms with E-state index in [-0.39, 0.29) is 5.57 Å². The highest BCUT2D eigenvalue weighted by Gasteiger charge is 2.17. The fourth-order valence-electron chi connectivity index (χ4n) is 0.557. The van der Waals surface area contributed by atoms with E-state index in [0.717, 1.165) is 0 Å². The minimum Gasteiger partial charge on any atom is -0.465 e. The van der Waals surface area contributed by atoms with Gasteiger partial charge in [-0.3, -0.25) is 0 Å². The van der Waals surface area contributed by atoms with E-state index in [1.807, 2.05) is 0 Å². The fourth-order valence-corrected chi connectivity index (χ4v) is 0.557. The summed E-state index contributed by atoms with van der Waals surface area (Å²) >= 11 is 0. The number of hydrogen-bond acceptors (Lipinski definition) is 4. The zero-order valence-corrected chi connectivity index (χ0v) is 6.99. The summed E-state index contributed by atoms with van der Waals surface area (Å²) in [7, 11) is 2.37. The first kappa shape index (κ1) is 10.4. The third-order valence-corrected chi connectivity index (χ3v) is 1.10. The van der Waals surface area contributed by atoms with Crippen LogP contribution in [0.2, 0.25) is 0 Å². The van der Waals surface area contributed by atoms with Crippen molar-refractivity contribution in [3.8, 4) is 0 Å². The van der Waals surface area contributed by atoms with Crippen molar-refractivity contribution < 1.29 is 19.1 Å². The second-order valence-electron chi connectivity index (χ2n) is 1.80. The van der Waals surface area contributed by atoms with E-state index in [2.05, 4.69) is 16.1 Å². The van der Waals surface area contributed by atoms with Gasteiger partial charge in [0.25, 0.3) is 0 Å². The summed E-state index contributed by atoms with van der Waals surface area (Å²) in [6, 6.07) is 0. The molecule has 0 aliphatic rings. The molecule has 0 saturated heterocycles. The molecule has 0 spiro atoms. The maximum atomic E-state index is 10.9. The highest BCUT2D eigenvalue weighted by Crippen LogP contribution is 2.00. The number of ether oxygens (including phenoxy) is 2. The van der Waals surface area contributed by atoms with Crippen LogP contribution >= 0.6 is 0 Å². The Bertz CT molecular complexity index is 209. The lowest BCUT2D eigenvalue weighted by molar-refractivity contribution is -0.144. The molecular weight excluding hydrogens is 160 g/mol. The zero-order valence-electron chi connectivity index (χ0n) is 6.99. The Morgan fingerprint density at radius 2 is 1.58 bits per heavy atom. The van der Waals surface area contributed by atoms with Crippen molar-refractivity contribution in [1.82, 2.24) is 0 Å². The lowest BCUT2D eigenvalue weighted by Crippen LogP contribution is -2.15. The normalized spacial score (nSPS) is 8.17.